The fraction of sp³-hybridized carbons (Fsp3) is 0.400. The molecule has 0 N–H and O–H groups in total. The molecule has 0 saturated carbocycles. The summed E-state index contributed by atoms with van der Waals surface area (Å²) >= 11 is 1.36. The zero-order valence-electron chi connectivity index (χ0n) is 22.9. The number of carbonyl (C=O) groups is 1. The molecule has 1 amide bonds. The van der Waals surface area contributed by atoms with E-state index in [1.54, 1.807) is 19.2 Å². The Morgan fingerprint density at radius 3 is 2.64 bits per heavy atom. The molecule has 3 heterocycles. The fourth-order valence-corrected chi connectivity index (χ4v) is 5.96. The summed E-state index contributed by atoms with van der Waals surface area (Å²) in [6.45, 7) is 8.86. The minimum Gasteiger partial charge on any atom is -0.493 e. The monoisotopic (exact) mass is 547 g/mol. The Labute approximate surface area is 231 Å². The van der Waals surface area contributed by atoms with Gasteiger partial charge in [0.05, 0.1) is 30.7 Å². The second kappa shape index (κ2) is 11.2. The Kier molecular flexibility index (Phi) is 7.70. The third-order valence-corrected chi connectivity index (χ3v) is 7.72. The molecule has 5 rings (SSSR count). The first kappa shape index (κ1) is 26.9. The van der Waals surface area contributed by atoms with Gasteiger partial charge in [-0.15, -0.1) is 10.2 Å². The zero-order chi connectivity index (χ0) is 27.7. The summed E-state index contributed by atoms with van der Waals surface area (Å²) in [7, 11) is 1.58. The van der Waals surface area contributed by atoms with Crippen LogP contribution in [0.1, 0.15) is 78.3 Å². The summed E-state index contributed by atoms with van der Waals surface area (Å²) in [4.78, 5) is 29.3. The normalized spacial score (nSPS) is 14.9. The van der Waals surface area contributed by atoms with E-state index < -0.39 is 11.9 Å². The van der Waals surface area contributed by atoms with Crippen LogP contribution in [-0.2, 0) is 6.42 Å². The summed E-state index contributed by atoms with van der Waals surface area (Å²) in [5.41, 5.74) is 2.06. The van der Waals surface area contributed by atoms with Gasteiger partial charge in [0.1, 0.15) is 10.6 Å². The number of carbonyl (C=O) groups excluding carboxylic acids is 1. The third kappa shape index (κ3) is 5.15. The zero-order valence-corrected chi connectivity index (χ0v) is 23.8. The maximum absolute atomic E-state index is 13.9. The van der Waals surface area contributed by atoms with Crippen LogP contribution in [0.25, 0.3) is 11.0 Å². The van der Waals surface area contributed by atoms with Gasteiger partial charge in [0.25, 0.3) is 5.91 Å². The third-order valence-electron chi connectivity index (χ3n) is 6.78. The van der Waals surface area contributed by atoms with Gasteiger partial charge >= 0.3 is 0 Å². The van der Waals surface area contributed by atoms with E-state index in [9.17, 15) is 9.59 Å². The topological polar surface area (TPSA) is 94.8 Å². The van der Waals surface area contributed by atoms with Crippen molar-refractivity contribution in [1.82, 2.24) is 10.2 Å². The number of amides is 1. The molecule has 0 spiro atoms. The van der Waals surface area contributed by atoms with Crippen LogP contribution in [0.5, 0.6) is 11.5 Å². The molecule has 0 saturated heterocycles. The summed E-state index contributed by atoms with van der Waals surface area (Å²) in [5.74, 6) is 1.15. The predicted molar refractivity (Wildman–Crippen MR) is 152 cm³/mol. The van der Waals surface area contributed by atoms with E-state index in [1.807, 2.05) is 31.2 Å². The van der Waals surface area contributed by atoms with E-state index in [0.29, 0.717) is 45.7 Å². The molecule has 204 valence electrons. The first-order chi connectivity index (χ1) is 18.8. The van der Waals surface area contributed by atoms with Gasteiger partial charge in [-0.25, -0.2) is 0 Å². The Balaban J connectivity index is 1.65. The van der Waals surface area contributed by atoms with Crippen LogP contribution in [0.3, 0.4) is 0 Å². The van der Waals surface area contributed by atoms with Crippen LogP contribution in [-0.4, -0.2) is 29.8 Å². The number of aromatic nitrogens is 2. The van der Waals surface area contributed by atoms with Gasteiger partial charge in [0.15, 0.2) is 16.9 Å². The molecule has 1 unspecified atom stereocenters. The number of benzene rings is 2. The van der Waals surface area contributed by atoms with Crippen LogP contribution >= 0.6 is 11.3 Å². The van der Waals surface area contributed by atoms with Gasteiger partial charge in [-0.2, -0.15) is 0 Å². The molecular weight excluding hydrogens is 514 g/mol. The van der Waals surface area contributed by atoms with Crippen molar-refractivity contribution in [2.75, 3.05) is 18.6 Å². The number of anilines is 1. The maximum atomic E-state index is 13.9. The SMILES string of the molecule is CCCCCOc1ccc(C2c3c(oc4ccc(C)cc4c3=O)C(=O)N2c2nnc(CC(C)C)s2)cc1OC. The number of hydrogen-bond acceptors (Lipinski definition) is 8. The van der Waals surface area contributed by atoms with Crippen molar-refractivity contribution < 1.29 is 18.7 Å². The van der Waals surface area contributed by atoms with E-state index in [0.717, 1.165) is 36.3 Å². The summed E-state index contributed by atoms with van der Waals surface area (Å²) in [6.07, 6.45) is 3.88. The van der Waals surface area contributed by atoms with Crippen molar-refractivity contribution >= 4 is 33.3 Å². The molecule has 39 heavy (non-hydrogen) atoms. The number of ether oxygens (including phenoxy) is 2. The minimum absolute atomic E-state index is 0.0285. The molecular formula is C30H33N3O5S. The lowest BCUT2D eigenvalue weighted by molar-refractivity contribution is 0.0970. The van der Waals surface area contributed by atoms with Crippen LogP contribution in [0.4, 0.5) is 5.13 Å². The number of rotatable bonds is 10. The molecule has 4 aromatic rings. The molecule has 1 aliphatic rings. The highest BCUT2D eigenvalue weighted by molar-refractivity contribution is 7.15. The lowest BCUT2D eigenvalue weighted by Gasteiger charge is -2.23. The quantitative estimate of drug-likeness (QED) is 0.210. The molecule has 0 radical (unpaired) electrons. The van der Waals surface area contributed by atoms with Gasteiger partial charge < -0.3 is 13.9 Å². The van der Waals surface area contributed by atoms with Gasteiger partial charge in [-0.1, -0.05) is 62.6 Å². The van der Waals surface area contributed by atoms with Crippen LogP contribution in [0, 0.1) is 12.8 Å². The van der Waals surface area contributed by atoms with Gasteiger partial charge in [-0.05, 0) is 49.1 Å². The summed E-state index contributed by atoms with van der Waals surface area (Å²) < 4.78 is 17.7. The standard InChI is InChI=1S/C30H33N3O5S/c1-6-7-8-13-37-22-12-10-19(16-23(22)36-5)26-25-27(34)20-15-18(4)9-11-21(20)38-28(25)29(35)33(26)30-32-31-24(39-30)14-17(2)3/h9-12,15-17,26H,6-8,13-14H2,1-5H3. The molecule has 1 atom stereocenters. The molecule has 0 aliphatic carbocycles. The van der Waals surface area contributed by atoms with E-state index in [4.69, 9.17) is 13.9 Å². The predicted octanol–water partition coefficient (Wildman–Crippen LogP) is 6.48. The second-order valence-electron chi connectivity index (χ2n) is 10.3. The highest BCUT2D eigenvalue weighted by Crippen LogP contribution is 2.44. The van der Waals surface area contributed by atoms with Gasteiger partial charge in [0.2, 0.25) is 10.9 Å². The smallest absolute Gasteiger partial charge is 0.297 e. The lowest BCUT2D eigenvalue weighted by atomic mass is 9.98. The highest BCUT2D eigenvalue weighted by atomic mass is 32.1. The second-order valence-corrected chi connectivity index (χ2v) is 11.3. The van der Waals surface area contributed by atoms with Crippen LogP contribution < -0.4 is 19.8 Å². The molecule has 8 nitrogen and oxygen atoms in total. The average Bonchev–Trinajstić information content (AvgIpc) is 3.48. The average molecular weight is 548 g/mol. The Hall–Kier alpha value is -3.72. The van der Waals surface area contributed by atoms with Crippen LogP contribution in [0.2, 0.25) is 0 Å². The molecule has 0 bridgehead atoms. The van der Waals surface area contributed by atoms with Crippen molar-refractivity contribution in [3.05, 3.63) is 74.1 Å². The van der Waals surface area contributed by atoms with Crippen molar-refractivity contribution in [3.63, 3.8) is 0 Å². The number of aryl methyl sites for hydroxylation is 1. The Bertz CT molecular complexity index is 1570. The molecule has 2 aromatic carbocycles. The highest BCUT2D eigenvalue weighted by Gasteiger charge is 2.45. The van der Waals surface area contributed by atoms with E-state index >= 15 is 0 Å². The van der Waals surface area contributed by atoms with Gasteiger partial charge in [0, 0.05) is 6.42 Å². The first-order valence-corrected chi connectivity index (χ1v) is 14.2. The number of hydrogen-bond donors (Lipinski definition) is 0. The van der Waals surface area contributed by atoms with E-state index in [-0.39, 0.29) is 16.8 Å². The number of unbranched alkanes of at least 4 members (excludes halogenated alkanes) is 2. The van der Waals surface area contributed by atoms with Gasteiger partial charge in [-0.3, -0.25) is 14.5 Å². The first-order valence-electron chi connectivity index (χ1n) is 13.4. The number of nitrogens with zero attached hydrogens (tertiary/aromatic N) is 3. The van der Waals surface area contributed by atoms with Crippen LogP contribution in [0.15, 0.2) is 45.6 Å². The molecule has 1 aliphatic heterocycles. The molecule has 2 aromatic heterocycles. The van der Waals surface area contributed by atoms with Crippen molar-refractivity contribution in [1.29, 1.82) is 0 Å². The minimum atomic E-state index is -0.753. The summed E-state index contributed by atoms with van der Waals surface area (Å²) in [6, 6.07) is 10.2. The Morgan fingerprint density at radius 2 is 1.90 bits per heavy atom. The van der Waals surface area contributed by atoms with Crippen molar-refractivity contribution in [2.24, 2.45) is 5.92 Å². The van der Waals surface area contributed by atoms with E-state index in [2.05, 4.69) is 31.0 Å². The maximum Gasteiger partial charge on any atom is 0.297 e. The largest absolute Gasteiger partial charge is 0.493 e. The molecule has 0 fully saturated rings. The van der Waals surface area contributed by atoms with Crippen molar-refractivity contribution in [2.45, 2.75) is 59.4 Å². The fourth-order valence-electron chi connectivity index (χ4n) is 4.88. The van der Waals surface area contributed by atoms with Crippen molar-refractivity contribution in [3.8, 4) is 11.5 Å². The number of fused-ring (bicyclic) bond motifs is 2. The van der Waals surface area contributed by atoms with E-state index in [1.165, 1.54) is 16.2 Å². The number of methoxy groups -OCH3 is 1. The lowest BCUT2D eigenvalue weighted by Crippen LogP contribution is -2.29. The summed E-state index contributed by atoms with van der Waals surface area (Å²) in [5, 5.41) is 10.4. The molecule has 9 heteroatoms. The Morgan fingerprint density at radius 1 is 1.08 bits per heavy atom.